The molecule has 1 N–H and O–H groups in total. The van der Waals surface area contributed by atoms with Crippen molar-refractivity contribution in [2.45, 2.75) is 32.0 Å². The van der Waals surface area contributed by atoms with Gasteiger partial charge in [-0.2, -0.15) is 0 Å². The number of ether oxygens (including phenoxy) is 1. The van der Waals surface area contributed by atoms with Crippen LogP contribution in [0.2, 0.25) is 0 Å². The maximum Gasteiger partial charge on any atom is 0.304 e. The Bertz CT molecular complexity index is 455. The SMILES string of the molecule is C[C@@H](O)c1cc([N+](=O)[O-])c(N(C)CC2CCCO2)s1. The minimum Gasteiger partial charge on any atom is -0.388 e. The lowest BCUT2D eigenvalue weighted by atomic mass is 10.2. The molecule has 0 amide bonds. The molecular weight excluding hydrogens is 268 g/mol. The molecule has 19 heavy (non-hydrogen) atoms. The van der Waals surface area contributed by atoms with Gasteiger partial charge in [-0.1, -0.05) is 0 Å². The number of nitro groups is 1. The molecule has 0 spiro atoms. The summed E-state index contributed by atoms with van der Waals surface area (Å²) in [5, 5.41) is 21.2. The quantitative estimate of drug-likeness (QED) is 0.664. The molecule has 0 aromatic carbocycles. The number of hydrogen-bond donors (Lipinski definition) is 1. The van der Waals surface area contributed by atoms with E-state index in [0.29, 0.717) is 16.4 Å². The van der Waals surface area contributed by atoms with Crippen LogP contribution in [0.5, 0.6) is 0 Å². The summed E-state index contributed by atoms with van der Waals surface area (Å²) in [6.07, 6.45) is 1.49. The Hall–Kier alpha value is -1.18. The fourth-order valence-corrected chi connectivity index (χ4v) is 3.21. The summed E-state index contributed by atoms with van der Waals surface area (Å²) in [4.78, 5) is 13.1. The van der Waals surface area contributed by atoms with Gasteiger partial charge in [0.2, 0.25) is 0 Å². The molecule has 1 aliphatic heterocycles. The third kappa shape index (κ3) is 3.23. The molecule has 1 aromatic heterocycles. The Morgan fingerprint density at radius 2 is 2.47 bits per heavy atom. The second-order valence-electron chi connectivity index (χ2n) is 4.79. The van der Waals surface area contributed by atoms with Crippen molar-refractivity contribution in [2.24, 2.45) is 0 Å². The van der Waals surface area contributed by atoms with Gasteiger partial charge in [0.05, 0.1) is 17.1 Å². The number of anilines is 1. The molecule has 0 aliphatic carbocycles. The van der Waals surface area contributed by atoms with Crippen LogP contribution in [0.3, 0.4) is 0 Å². The highest BCUT2D eigenvalue weighted by molar-refractivity contribution is 7.16. The predicted octanol–water partition coefficient (Wildman–Crippen LogP) is 2.32. The first-order valence-electron chi connectivity index (χ1n) is 6.28. The van der Waals surface area contributed by atoms with Crippen LogP contribution >= 0.6 is 11.3 Å². The van der Waals surface area contributed by atoms with Crippen LogP contribution in [0.15, 0.2) is 6.07 Å². The maximum absolute atomic E-state index is 11.1. The highest BCUT2D eigenvalue weighted by Gasteiger charge is 2.26. The third-order valence-electron chi connectivity index (χ3n) is 3.17. The molecule has 1 aromatic rings. The topological polar surface area (TPSA) is 75.8 Å². The first-order chi connectivity index (χ1) is 8.99. The zero-order valence-corrected chi connectivity index (χ0v) is 11.9. The van der Waals surface area contributed by atoms with E-state index in [2.05, 4.69) is 0 Å². The maximum atomic E-state index is 11.1. The van der Waals surface area contributed by atoms with E-state index >= 15 is 0 Å². The molecule has 6 nitrogen and oxygen atoms in total. The molecule has 2 heterocycles. The smallest absolute Gasteiger partial charge is 0.304 e. The van der Waals surface area contributed by atoms with E-state index in [0.717, 1.165) is 19.4 Å². The van der Waals surface area contributed by atoms with Gasteiger partial charge < -0.3 is 14.7 Å². The second kappa shape index (κ2) is 5.85. The molecule has 2 atom stereocenters. The molecule has 0 bridgehead atoms. The Morgan fingerprint density at radius 1 is 1.74 bits per heavy atom. The molecule has 106 valence electrons. The Labute approximate surface area is 115 Å². The van der Waals surface area contributed by atoms with Gasteiger partial charge in [-0.15, -0.1) is 11.3 Å². The number of nitrogens with zero attached hydrogens (tertiary/aromatic N) is 2. The number of aliphatic hydroxyl groups is 1. The summed E-state index contributed by atoms with van der Waals surface area (Å²) in [7, 11) is 1.83. The van der Waals surface area contributed by atoms with Gasteiger partial charge in [0.15, 0.2) is 5.00 Å². The van der Waals surface area contributed by atoms with Crippen molar-refractivity contribution >= 4 is 22.0 Å². The van der Waals surface area contributed by atoms with Crippen molar-refractivity contribution in [3.8, 4) is 0 Å². The third-order valence-corrected chi connectivity index (χ3v) is 4.58. The standard InChI is InChI=1S/C12H18N2O4S/c1-8(15)11-6-10(14(16)17)12(19-11)13(2)7-9-4-3-5-18-9/h6,8-9,15H,3-5,7H2,1-2H3/t8-,9?/m1/s1. The van der Waals surface area contributed by atoms with Gasteiger partial charge in [-0.3, -0.25) is 10.1 Å². The molecule has 1 fully saturated rings. The van der Waals surface area contributed by atoms with E-state index in [4.69, 9.17) is 4.74 Å². The van der Waals surface area contributed by atoms with Crippen LogP contribution in [0.25, 0.3) is 0 Å². The zero-order valence-electron chi connectivity index (χ0n) is 11.0. The Morgan fingerprint density at radius 3 is 3.00 bits per heavy atom. The molecule has 0 saturated carbocycles. The van der Waals surface area contributed by atoms with Gasteiger partial charge in [-0.25, -0.2) is 0 Å². The Kier molecular flexibility index (Phi) is 4.38. The van der Waals surface area contributed by atoms with Crippen LogP contribution in [0, 0.1) is 10.1 Å². The van der Waals surface area contributed by atoms with Gasteiger partial charge in [-0.05, 0) is 19.8 Å². The number of likely N-dealkylation sites (N-methyl/N-ethyl adjacent to an activating group) is 1. The fraction of sp³-hybridized carbons (Fsp3) is 0.667. The first kappa shape index (κ1) is 14.2. The van der Waals surface area contributed by atoms with Crippen molar-refractivity contribution in [3.05, 3.63) is 21.1 Å². The summed E-state index contributed by atoms with van der Waals surface area (Å²) in [6, 6.07) is 1.46. The summed E-state index contributed by atoms with van der Waals surface area (Å²) in [5.41, 5.74) is 0.0568. The van der Waals surface area contributed by atoms with E-state index in [1.54, 1.807) is 6.92 Å². The molecule has 1 unspecified atom stereocenters. The highest BCUT2D eigenvalue weighted by Crippen LogP contribution is 2.39. The zero-order chi connectivity index (χ0) is 14.0. The molecule has 1 aliphatic rings. The summed E-state index contributed by atoms with van der Waals surface area (Å²) in [6.45, 7) is 3.02. The van der Waals surface area contributed by atoms with E-state index in [-0.39, 0.29) is 11.8 Å². The van der Waals surface area contributed by atoms with Crippen LogP contribution in [-0.4, -0.2) is 36.3 Å². The van der Waals surface area contributed by atoms with E-state index in [1.807, 2.05) is 11.9 Å². The van der Waals surface area contributed by atoms with Crippen molar-refractivity contribution in [2.75, 3.05) is 25.1 Å². The van der Waals surface area contributed by atoms with E-state index in [9.17, 15) is 15.2 Å². The van der Waals surface area contributed by atoms with Crippen molar-refractivity contribution in [1.82, 2.24) is 0 Å². The van der Waals surface area contributed by atoms with Crippen LogP contribution < -0.4 is 4.90 Å². The number of aliphatic hydroxyl groups excluding tert-OH is 1. The summed E-state index contributed by atoms with van der Waals surface area (Å²) >= 11 is 1.27. The number of hydrogen-bond acceptors (Lipinski definition) is 6. The molecule has 7 heteroatoms. The van der Waals surface area contributed by atoms with Crippen molar-refractivity contribution in [1.29, 1.82) is 0 Å². The van der Waals surface area contributed by atoms with Gasteiger partial charge in [0.25, 0.3) is 0 Å². The first-order valence-corrected chi connectivity index (χ1v) is 7.09. The lowest BCUT2D eigenvalue weighted by molar-refractivity contribution is -0.383. The average molecular weight is 286 g/mol. The van der Waals surface area contributed by atoms with Gasteiger partial charge in [0, 0.05) is 31.1 Å². The second-order valence-corrected chi connectivity index (χ2v) is 5.85. The lowest BCUT2D eigenvalue weighted by Gasteiger charge is -2.20. The molecule has 2 rings (SSSR count). The minimum atomic E-state index is -0.686. The largest absolute Gasteiger partial charge is 0.388 e. The molecule has 1 saturated heterocycles. The average Bonchev–Trinajstić information content (AvgIpc) is 2.96. The fourth-order valence-electron chi connectivity index (χ4n) is 2.18. The highest BCUT2D eigenvalue weighted by atomic mass is 32.1. The van der Waals surface area contributed by atoms with Crippen molar-refractivity contribution in [3.63, 3.8) is 0 Å². The van der Waals surface area contributed by atoms with Crippen LogP contribution in [0.4, 0.5) is 10.7 Å². The molecule has 0 radical (unpaired) electrons. The molecular formula is C12H18N2O4S. The minimum absolute atomic E-state index is 0.0568. The lowest BCUT2D eigenvalue weighted by Crippen LogP contribution is -2.28. The van der Waals surface area contributed by atoms with Gasteiger partial charge >= 0.3 is 5.69 Å². The summed E-state index contributed by atoms with van der Waals surface area (Å²) < 4.78 is 5.54. The normalized spacial score (nSPS) is 20.5. The van der Waals surface area contributed by atoms with E-state index < -0.39 is 11.0 Å². The van der Waals surface area contributed by atoms with Crippen LogP contribution in [-0.2, 0) is 4.74 Å². The van der Waals surface area contributed by atoms with Crippen molar-refractivity contribution < 1.29 is 14.8 Å². The number of thiophene rings is 1. The van der Waals surface area contributed by atoms with Gasteiger partial charge in [0.1, 0.15) is 0 Å². The predicted molar refractivity (Wildman–Crippen MR) is 73.9 cm³/mol. The monoisotopic (exact) mass is 286 g/mol. The van der Waals surface area contributed by atoms with E-state index in [1.165, 1.54) is 17.4 Å². The number of rotatable bonds is 5. The Balaban J connectivity index is 2.18. The summed E-state index contributed by atoms with van der Waals surface area (Å²) in [5.74, 6) is 0. The van der Waals surface area contributed by atoms with Crippen LogP contribution in [0.1, 0.15) is 30.7 Å².